The molecule has 4 heteroatoms. The smallest absolute Gasteiger partial charge is 0.260 e. The van der Waals surface area contributed by atoms with Gasteiger partial charge in [0.1, 0.15) is 0 Å². The lowest BCUT2D eigenvalue weighted by Crippen LogP contribution is -2.39. The Morgan fingerprint density at radius 1 is 1.29 bits per heavy atom. The molecule has 0 heterocycles. The number of hydrogen-bond donors (Lipinski definition) is 1. The van der Waals surface area contributed by atoms with Gasteiger partial charge >= 0.3 is 0 Å². The molecule has 0 aliphatic carbocycles. The van der Waals surface area contributed by atoms with E-state index < -0.39 is 0 Å². The molecule has 0 spiro atoms. The highest BCUT2D eigenvalue weighted by molar-refractivity contribution is 6.04. The molecule has 92 valence electrons. The zero-order valence-corrected chi connectivity index (χ0v) is 10.5. The highest BCUT2D eigenvalue weighted by Crippen LogP contribution is 2.10. The van der Waals surface area contributed by atoms with Crippen LogP contribution in [0.5, 0.6) is 0 Å². The fraction of sp³-hybridized carbons (Fsp3) is 0.385. The third kappa shape index (κ3) is 3.39. The number of carbonyl (C=O) groups excluding carboxylic acids is 2. The lowest BCUT2D eigenvalue weighted by molar-refractivity contribution is -0.126. The molecule has 1 aromatic carbocycles. The highest BCUT2D eigenvalue weighted by Gasteiger charge is 2.20. The number of hydrogen-bond acceptors (Lipinski definition) is 3. The molecule has 17 heavy (non-hydrogen) atoms. The first kappa shape index (κ1) is 13.4. The number of imide groups is 1. The molecular weight excluding hydrogens is 216 g/mol. The van der Waals surface area contributed by atoms with Crippen molar-refractivity contribution in [1.29, 1.82) is 0 Å². The number of carbonyl (C=O) groups is 2. The van der Waals surface area contributed by atoms with E-state index in [0.717, 1.165) is 5.56 Å². The summed E-state index contributed by atoms with van der Waals surface area (Å²) >= 11 is 0. The normalized spacial score (nSPS) is 10.1. The van der Waals surface area contributed by atoms with Crippen molar-refractivity contribution in [2.24, 2.45) is 0 Å². The van der Waals surface area contributed by atoms with Crippen LogP contribution < -0.4 is 5.32 Å². The first-order chi connectivity index (χ1) is 8.07. The first-order valence-corrected chi connectivity index (χ1v) is 5.60. The fourth-order valence-electron chi connectivity index (χ4n) is 1.58. The summed E-state index contributed by atoms with van der Waals surface area (Å²) in [4.78, 5) is 24.9. The SMILES string of the molecule is CNCCN(C(C)=O)C(=O)c1ccccc1C. The Bertz CT molecular complexity index is 416. The quantitative estimate of drug-likeness (QED) is 0.851. The lowest BCUT2D eigenvalue weighted by Gasteiger charge is -2.19. The monoisotopic (exact) mass is 234 g/mol. The van der Waals surface area contributed by atoms with Gasteiger partial charge in [-0.05, 0) is 25.6 Å². The number of aryl methyl sites for hydroxylation is 1. The van der Waals surface area contributed by atoms with Crippen LogP contribution in [0.15, 0.2) is 24.3 Å². The molecule has 1 aromatic rings. The van der Waals surface area contributed by atoms with Gasteiger partial charge < -0.3 is 5.32 Å². The second-order valence-corrected chi connectivity index (χ2v) is 3.89. The van der Waals surface area contributed by atoms with E-state index in [0.29, 0.717) is 18.7 Å². The van der Waals surface area contributed by atoms with E-state index in [1.165, 1.54) is 11.8 Å². The average Bonchev–Trinajstić information content (AvgIpc) is 2.29. The minimum absolute atomic E-state index is 0.228. The molecular formula is C13H18N2O2. The molecule has 1 N–H and O–H groups in total. The zero-order valence-electron chi connectivity index (χ0n) is 10.5. The Balaban J connectivity index is 2.92. The standard InChI is InChI=1S/C13H18N2O2/c1-10-6-4-5-7-12(10)13(17)15(11(2)16)9-8-14-3/h4-7,14H,8-9H2,1-3H3. The Labute approximate surface area is 102 Å². The Hall–Kier alpha value is -1.68. The van der Waals surface area contributed by atoms with Gasteiger partial charge in [0.05, 0.1) is 0 Å². The van der Waals surface area contributed by atoms with Gasteiger partial charge in [-0.25, -0.2) is 0 Å². The number of benzene rings is 1. The van der Waals surface area contributed by atoms with Crippen molar-refractivity contribution in [2.45, 2.75) is 13.8 Å². The van der Waals surface area contributed by atoms with Gasteiger partial charge in [0.2, 0.25) is 5.91 Å². The van der Waals surface area contributed by atoms with Gasteiger partial charge in [-0.3, -0.25) is 14.5 Å². The largest absolute Gasteiger partial charge is 0.318 e. The van der Waals surface area contributed by atoms with Crippen LogP contribution in [0.1, 0.15) is 22.8 Å². The van der Waals surface area contributed by atoms with Crippen molar-refractivity contribution in [2.75, 3.05) is 20.1 Å². The predicted molar refractivity (Wildman–Crippen MR) is 66.8 cm³/mol. The van der Waals surface area contributed by atoms with E-state index in [9.17, 15) is 9.59 Å². The van der Waals surface area contributed by atoms with Crippen LogP contribution in [0.3, 0.4) is 0 Å². The highest BCUT2D eigenvalue weighted by atomic mass is 16.2. The molecule has 4 nitrogen and oxygen atoms in total. The number of nitrogens with zero attached hydrogens (tertiary/aromatic N) is 1. The molecule has 2 amide bonds. The molecule has 0 bridgehead atoms. The van der Waals surface area contributed by atoms with Gasteiger partial charge in [-0.15, -0.1) is 0 Å². The number of nitrogens with one attached hydrogen (secondary N) is 1. The number of rotatable bonds is 4. The summed E-state index contributed by atoms with van der Waals surface area (Å²) < 4.78 is 0. The van der Waals surface area contributed by atoms with E-state index in [1.54, 1.807) is 19.2 Å². The molecule has 0 saturated carbocycles. The van der Waals surface area contributed by atoms with Gasteiger partial charge in [0.25, 0.3) is 5.91 Å². The second-order valence-electron chi connectivity index (χ2n) is 3.89. The summed E-state index contributed by atoms with van der Waals surface area (Å²) in [5.41, 5.74) is 1.46. The van der Waals surface area contributed by atoms with E-state index in [2.05, 4.69) is 5.32 Å². The third-order valence-corrected chi connectivity index (χ3v) is 2.59. The van der Waals surface area contributed by atoms with Gasteiger partial charge in [0, 0.05) is 25.6 Å². The summed E-state index contributed by atoms with van der Waals surface area (Å²) in [5, 5.41) is 2.93. The molecule has 1 rings (SSSR count). The summed E-state index contributed by atoms with van der Waals surface area (Å²) in [6.07, 6.45) is 0. The minimum Gasteiger partial charge on any atom is -0.318 e. The van der Waals surface area contributed by atoms with Crippen molar-refractivity contribution in [3.05, 3.63) is 35.4 Å². The van der Waals surface area contributed by atoms with Crippen molar-refractivity contribution >= 4 is 11.8 Å². The van der Waals surface area contributed by atoms with E-state index in [-0.39, 0.29) is 11.8 Å². The van der Waals surface area contributed by atoms with Crippen LogP contribution in [0.2, 0.25) is 0 Å². The van der Waals surface area contributed by atoms with Crippen molar-refractivity contribution < 1.29 is 9.59 Å². The maximum Gasteiger partial charge on any atom is 0.260 e. The number of likely N-dealkylation sites (N-methyl/N-ethyl adjacent to an activating group) is 1. The maximum absolute atomic E-state index is 12.2. The van der Waals surface area contributed by atoms with Crippen LogP contribution in [0, 0.1) is 6.92 Å². The topological polar surface area (TPSA) is 49.4 Å². The van der Waals surface area contributed by atoms with Crippen molar-refractivity contribution in [1.82, 2.24) is 10.2 Å². The van der Waals surface area contributed by atoms with Crippen LogP contribution in [-0.4, -0.2) is 36.9 Å². The molecule has 0 aliphatic rings. The molecule has 0 saturated heterocycles. The van der Waals surface area contributed by atoms with Gasteiger partial charge in [0.15, 0.2) is 0 Å². The van der Waals surface area contributed by atoms with E-state index in [4.69, 9.17) is 0 Å². The van der Waals surface area contributed by atoms with Crippen LogP contribution in [0.4, 0.5) is 0 Å². The van der Waals surface area contributed by atoms with E-state index in [1.807, 2.05) is 19.1 Å². The Kier molecular flexibility index (Phi) is 4.84. The average molecular weight is 234 g/mol. The molecule has 0 radical (unpaired) electrons. The maximum atomic E-state index is 12.2. The second kappa shape index (κ2) is 6.15. The molecule has 0 fully saturated rings. The summed E-state index contributed by atoms with van der Waals surface area (Å²) in [6.45, 7) is 4.26. The van der Waals surface area contributed by atoms with Crippen molar-refractivity contribution in [3.8, 4) is 0 Å². The van der Waals surface area contributed by atoms with Crippen LogP contribution in [0.25, 0.3) is 0 Å². The summed E-state index contributed by atoms with van der Waals surface area (Å²) in [5.74, 6) is -0.459. The van der Waals surface area contributed by atoms with Crippen LogP contribution >= 0.6 is 0 Å². The minimum atomic E-state index is -0.231. The van der Waals surface area contributed by atoms with Crippen molar-refractivity contribution in [3.63, 3.8) is 0 Å². The molecule has 0 aliphatic heterocycles. The summed E-state index contributed by atoms with van der Waals surface area (Å²) in [6, 6.07) is 7.28. The molecule has 0 atom stereocenters. The molecule has 0 unspecified atom stereocenters. The number of amides is 2. The predicted octanol–water partition coefficient (Wildman–Crippen LogP) is 1.20. The zero-order chi connectivity index (χ0) is 12.8. The molecule has 0 aromatic heterocycles. The fourth-order valence-corrected chi connectivity index (χ4v) is 1.58. The Morgan fingerprint density at radius 2 is 1.94 bits per heavy atom. The van der Waals surface area contributed by atoms with E-state index >= 15 is 0 Å². The van der Waals surface area contributed by atoms with Gasteiger partial charge in [-0.1, -0.05) is 18.2 Å². The first-order valence-electron chi connectivity index (χ1n) is 5.60. The Morgan fingerprint density at radius 3 is 2.47 bits per heavy atom. The van der Waals surface area contributed by atoms with Crippen LogP contribution in [-0.2, 0) is 4.79 Å². The summed E-state index contributed by atoms with van der Waals surface area (Å²) in [7, 11) is 1.79. The lowest BCUT2D eigenvalue weighted by atomic mass is 10.1. The van der Waals surface area contributed by atoms with Gasteiger partial charge in [-0.2, -0.15) is 0 Å². The third-order valence-electron chi connectivity index (χ3n) is 2.59.